The Hall–Kier alpha value is -2.28. The molecule has 2 aromatic rings. The zero-order valence-electron chi connectivity index (χ0n) is 12.4. The molecule has 2 rings (SSSR count). The highest BCUT2D eigenvalue weighted by Gasteiger charge is 2.22. The fraction of sp³-hybridized carbons (Fsp3) is 0.267. The highest BCUT2D eigenvalue weighted by molar-refractivity contribution is 7.13. The highest BCUT2D eigenvalue weighted by atomic mass is 32.1. The second kappa shape index (κ2) is 6.65. The number of halogens is 1. The normalized spacial score (nSPS) is 11.8. The molecule has 1 heterocycles. The molecular weight excluding hydrogens is 307 g/mol. The minimum absolute atomic E-state index is 0.128. The summed E-state index contributed by atoms with van der Waals surface area (Å²) in [5.74, 6) is -1.30. The largest absolute Gasteiger partial charge is 0.448 e. The van der Waals surface area contributed by atoms with Gasteiger partial charge in [-0.25, -0.2) is 14.2 Å². The molecule has 0 spiro atoms. The van der Waals surface area contributed by atoms with E-state index in [1.807, 2.05) is 0 Å². The van der Waals surface area contributed by atoms with Crippen molar-refractivity contribution in [2.24, 2.45) is 0 Å². The van der Waals surface area contributed by atoms with Gasteiger partial charge in [-0.1, -0.05) is 0 Å². The van der Waals surface area contributed by atoms with E-state index in [9.17, 15) is 14.0 Å². The molecule has 7 heteroatoms. The van der Waals surface area contributed by atoms with Crippen molar-refractivity contribution >= 4 is 23.2 Å². The van der Waals surface area contributed by atoms with E-state index in [1.54, 1.807) is 31.6 Å². The summed E-state index contributed by atoms with van der Waals surface area (Å²) in [6.07, 6.45) is -0.876. The zero-order chi connectivity index (χ0) is 16.3. The lowest BCUT2D eigenvalue weighted by Gasteiger charge is -2.16. The van der Waals surface area contributed by atoms with Gasteiger partial charge in [-0.2, -0.15) is 0 Å². The van der Waals surface area contributed by atoms with Gasteiger partial charge in [-0.3, -0.25) is 4.79 Å². The summed E-state index contributed by atoms with van der Waals surface area (Å²) in [6.45, 7) is 1.51. The van der Waals surface area contributed by atoms with E-state index in [-0.39, 0.29) is 17.4 Å². The minimum Gasteiger partial charge on any atom is -0.448 e. The van der Waals surface area contributed by atoms with E-state index in [4.69, 9.17) is 4.74 Å². The van der Waals surface area contributed by atoms with E-state index < -0.39 is 12.1 Å². The van der Waals surface area contributed by atoms with Crippen LogP contribution in [0.3, 0.4) is 0 Å². The number of nitrogens with zero attached hydrogens (tertiary/aromatic N) is 2. The van der Waals surface area contributed by atoms with Crippen LogP contribution in [-0.4, -0.2) is 42.0 Å². The lowest BCUT2D eigenvalue weighted by atomic mass is 10.2. The Morgan fingerprint density at radius 1 is 1.27 bits per heavy atom. The van der Waals surface area contributed by atoms with E-state index in [1.165, 1.54) is 35.3 Å². The van der Waals surface area contributed by atoms with Gasteiger partial charge in [-0.15, -0.1) is 11.3 Å². The summed E-state index contributed by atoms with van der Waals surface area (Å²) in [7, 11) is 3.17. The number of benzene rings is 1. The number of likely N-dealkylation sites (N-methyl/N-ethyl adjacent to an activating group) is 1. The van der Waals surface area contributed by atoms with Crippen molar-refractivity contribution in [1.82, 2.24) is 9.88 Å². The topological polar surface area (TPSA) is 59.5 Å². The number of esters is 1. The summed E-state index contributed by atoms with van der Waals surface area (Å²) in [5.41, 5.74) is 0.839. The van der Waals surface area contributed by atoms with E-state index in [0.29, 0.717) is 10.6 Å². The third-order valence-corrected chi connectivity index (χ3v) is 3.77. The van der Waals surface area contributed by atoms with Crippen molar-refractivity contribution in [3.63, 3.8) is 0 Å². The van der Waals surface area contributed by atoms with Gasteiger partial charge in [0.1, 0.15) is 10.8 Å². The molecule has 0 unspecified atom stereocenters. The Labute approximate surface area is 131 Å². The van der Waals surface area contributed by atoms with Crippen LogP contribution in [0.1, 0.15) is 17.4 Å². The van der Waals surface area contributed by atoms with E-state index >= 15 is 0 Å². The van der Waals surface area contributed by atoms with Crippen molar-refractivity contribution in [1.29, 1.82) is 0 Å². The number of amides is 1. The highest BCUT2D eigenvalue weighted by Crippen LogP contribution is 2.24. The van der Waals surface area contributed by atoms with Crippen LogP contribution < -0.4 is 0 Å². The SMILES string of the molecule is C[C@@H](OC(=O)c1csc(-c2ccc(F)cc2)n1)C(=O)N(C)C. The van der Waals surface area contributed by atoms with Crippen molar-refractivity contribution < 1.29 is 18.7 Å². The Balaban J connectivity index is 2.09. The van der Waals surface area contributed by atoms with Gasteiger partial charge in [0.05, 0.1) is 0 Å². The molecule has 0 aliphatic rings. The molecule has 22 heavy (non-hydrogen) atoms. The first-order valence-corrected chi connectivity index (χ1v) is 7.40. The molecule has 116 valence electrons. The number of thiazole rings is 1. The number of carbonyl (C=O) groups is 2. The van der Waals surface area contributed by atoms with Gasteiger partial charge in [0.25, 0.3) is 5.91 Å². The number of carbonyl (C=O) groups excluding carboxylic acids is 2. The maximum Gasteiger partial charge on any atom is 0.358 e. The molecule has 1 aromatic heterocycles. The van der Waals surface area contributed by atoms with E-state index in [0.717, 1.165) is 0 Å². The van der Waals surface area contributed by atoms with Crippen LogP contribution in [0.25, 0.3) is 10.6 Å². The molecule has 0 radical (unpaired) electrons. The van der Waals surface area contributed by atoms with Gasteiger partial charge in [0.15, 0.2) is 11.8 Å². The number of ether oxygens (including phenoxy) is 1. The first-order valence-electron chi connectivity index (χ1n) is 6.52. The molecule has 0 bridgehead atoms. The fourth-order valence-corrected chi connectivity index (χ4v) is 2.52. The lowest BCUT2D eigenvalue weighted by molar-refractivity contribution is -0.137. The van der Waals surface area contributed by atoms with Crippen LogP contribution in [0.4, 0.5) is 4.39 Å². The third kappa shape index (κ3) is 3.67. The predicted octanol–water partition coefficient (Wildman–Crippen LogP) is 2.58. The number of hydrogen-bond acceptors (Lipinski definition) is 5. The second-order valence-corrected chi connectivity index (χ2v) is 5.68. The predicted molar refractivity (Wildman–Crippen MR) is 81.1 cm³/mol. The summed E-state index contributed by atoms with van der Waals surface area (Å²) in [5, 5.41) is 2.13. The molecule has 1 amide bonds. The summed E-state index contributed by atoms with van der Waals surface area (Å²) in [6, 6.07) is 5.82. The first-order chi connectivity index (χ1) is 10.4. The Morgan fingerprint density at radius 3 is 2.50 bits per heavy atom. The van der Waals surface area contributed by atoms with Crippen LogP contribution in [-0.2, 0) is 9.53 Å². The minimum atomic E-state index is -0.876. The Bertz CT molecular complexity index is 682. The van der Waals surface area contributed by atoms with Gasteiger partial charge < -0.3 is 9.64 Å². The molecule has 0 aliphatic heterocycles. The van der Waals surface area contributed by atoms with Crippen molar-refractivity contribution in [2.75, 3.05) is 14.1 Å². The standard InChI is InChI=1S/C15H15FN2O3S/c1-9(14(19)18(2)3)21-15(20)12-8-22-13(17-12)10-4-6-11(16)7-5-10/h4-9H,1-3H3/t9-/m1/s1. The van der Waals surface area contributed by atoms with E-state index in [2.05, 4.69) is 4.98 Å². The van der Waals surface area contributed by atoms with Gasteiger partial charge in [-0.05, 0) is 31.2 Å². The Morgan fingerprint density at radius 2 is 1.91 bits per heavy atom. The quantitative estimate of drug-likeness (QED) is 0.812. The lowest BCUT2D eigenvalue weighted by Crippen LogP contribution is -2.34. The maximum absolute atomic E-state index is 12.9. The van der Waals surface area contributed by atoms with Crippen LogP contribution >= 0.6 is 11.3 Å². The van der Waals surface area contributed by atoms with Crippen LogP contribution in [0.2, 0.25) is 0 Å². The fourth-order valence-electron chi connectivity index (χ4n) is 1.73. The molecule has 0 aliphatic carbocycles. The first kappa shape index (κ1) is 16.1. The maximum atomic E-state index is 12.9. The molecule has 5 nitrogen and oxygen atoms in total. The molecule has 0 fully saturated rings. The molecule has 1 aromatic carbocycles. The molecule has 0 saturated heterocycles. The van der Waals surface area contributed by atoms with Gasteiger partial charge in [0.2, 0.25) is 0 Å². The molecule has 0 N–H and O–H groups in total. The van der Waals surface area contributed by atoms with Crippen molar-refractivity contribution in [2.45, 2.75) is 13.0 Å². The Kier molecular flexibility index (Phi) is 4.87. The van der Waals surface area contributed by atoms with Gasteiger partial charge >= 0.3 is 5.97 Å². The summed E-state index contributed by atoms with van der Waals surface area (Å²) in [4.78, 5) is 29.1. The second-order valence-electron chi connectivity index (χ2n) is 4.82. The number of rotatable bonds is 4. The van der Waals surface area contributed by atoms with Crippen LogP contribution in [0, 0.1) is 5.82 Å². The zero-order valence-corrected chi connectivity index (χ0v) is 13.2. The van der Waals surface area contributed by atoms with Crippen LogP contribution in [0.15, 0.2) is 29.6 Å². The molecule has 0 saturated carbocycles. The average Bonchev–Trinajstić information content (AvgIpc) is 2.96. The summed E-state index contributed by atoms with van der Waals surface area (Å²) < 4.78 is 18.0. The average molecular weight is 322 g/mol. The number of hydrogen-bond donors (Lipinski definition) is 0. The smallest absolute Gasteiger partial charge is 0.358 e. The molecule has 1 atom stereocenters. The van der Waals surface area contributed by atoms with Gasteiger partial charge in [0, 0.05) is 25.0 Å². The molecular formula is C15H15FN2O3S. The van der Waals surface area contributed by atoms with Crippen molar-refractivity contribution in [3.8, 4) is 10.6 Å². The monoisotopic (exact) mass is 322 g/mol. The third-order valence-electron chi connectivity index (χ3n) is 2.88. The van der Waals surface area contributed by atoms with Crippen molar-refractivity contribution in [3.05, 3.63) is 41.2 Å². The summed E-state index contributed by atoms with van der Waals surface area (Å²) >= 11 is 1.25. The van der Waals surface area contributed by atoms with Crippen LogP contribution in [0.5, 0.6) is 0 Å². The number of aromatic nitrogens is 1.